The van der Waals surface area contributed by atoms with Crippen LogP contribution in [-0.2, 0) is 4.79 Å². The average Bonchev–Trinajstić information content (AvgIpc) is 3.50. The van der Waals surface area contributed by atoms with E-state index in [2.05, 4.69) is 17.6 Å². The zero-order valence-corrected chi connectivity index (χ0v) is 15.9. The molecule has 0 aromatic heterocycles. The summed E-state index contributed by atoms with van der Waals surface area (Å²) in [5, 5.41) is 5.85. The third-order valence-electron chi connectivity index (χ3n) is 4.56. The second-order valence-corrected chi connectivity index (χ2v) is 6.98. The van der Waals surface area contributed by atoms with E-state index in [1.807, 2.05) is 31.2 Å². The first-order valence-electron chi connectivity index (χ1n) is 9.52. The van der Waals surface area contributed by atoms with Gasteiger partial charge in [0.1, 0.15) is 5.75 Å². The van der Waals surface area contributed by atoms with Crippen LogP contribution in [0.25, 0.3) is 0 Å². The van der Waals surface area contributed by atoms with Crippen LogP contribution in [0, 0.1) is 12.8 Å². The summed E-state index contributed by atoms with van der Waals surface area (Å²) in [5.74, 6) is 0.674. The molecule has 0 radical (unpaired) electrons. The van der Waals surface area contributed by atoms with Crippen molar-refractivity contribution in [1.82, 2.24) is 0 Å². The van der Waals surface area contributed by atoms with Crippen molar-refractivity contribution in [2.45, 2.75) is 39.5 Å². The van der Waals surface area contributed by atoms with Gasteiger partial charge in [0.25, 0.3) is 5.91 Å². The Labute approximate surface area is 160 Å². The van der Waals surface area contributed by atoms with Crippen molar-refractivity contribution in [2.75, 3.05) is 17.2 Å². The summed E-state index contributed by atoms with van der Waals surface area (Å²) in [6, 6.07) is 12.7. The molecule has 0 spiro atoms. The number of hydrogen-bond donors (Lipinski definition) is 2. The van der Waals surface area contributed by atoms with Crippen LogP contribution in [0.2, 0.25) is 0 Å². The molecule has 1 saturated carbocycles. The minimum absolute atomic E-state index is 0.0542. The lowest BCUT2D eigenvalue weighted by molar-refractivity contribution is -0.117. The summed E-state index contributed by atoms with van der Waals surface area (Å²) in [7, 11) is 0. The van der Waals surface area contributed by atoms with Crippen molar-refractivity contribution < 1.29 is 14.3 Å². The van der Waals surface area contributed by atoms with Crippen LogP contribution >= 0.6 is 0 Å². The van der Waals surface area contributed by atoms with Gasteiger partial charge in [0.2, 0.25) is 5.91 Å². The second-order valence-electron chi connectivity index (χ2n) is 6.98. The van der Waals surface area contributed by atoms with Crippen LogP contribution in [0.4, 0.5) is 11.4 Å². The zero-order chi connectivity index (χ0) is 19.2. The summed E-state index contributed by atoms with van der Waals surface area (Å²) in [6.07, 6.45) is 3.96. The molecular weight excluding hydrogens is 340 g/mol. The molecule has 1 fully saturated rings. The number of unbranched alkanes of at least 4 members (excludes halogenated alkanes) is 1. The molecule has 0 heterocycles. The highest BCUT2D eigenvalue weighted by Crippen LogP contribution is 2.31. The number of hydrogen-bond acceptors (Lipinski definition) is 3. The molecule has 0 bridgehead atoms. The molecule has 142 valence electrons. The van der Waals surface area contributed by atoms with Crippen molar-refractivity contribution >= 4 is 23.2 Å². The molecule has 1 aliphatic carbocycles. The van der Waals surface area contributed by atoms with Gasteiger partial charge in [-0.2, -0.15) is 0 Å². The number of anilines is 2. The zero-order valence-electron chi connectivity index (χ0n) is 15.9. The Morgan fingerprint density at radius 3 is 2.67 bits per heavy atom. The van der Waals surface area contributed by atoms with Gasteiger partial charge < -0.3 is 15.4 Å². The topological polar surface area (TPSA) is 67.4 Å². The Kier molecular flexibility index (Phi) is 6.12. The normalized spacial score (nSPS) is 13.1. The van der Waals surface area contributed by atoms with Gasteiger partial charge in [0, 0.05) is 22.9 Å². The minimum Gasteiger partial charge on any atom is -0.494 e. The summed E-state index contributed by atoms with van der Waals surface area (Å²) in [6.45, 7) is 4.69. The van der Waals surface area contributed by atoms with E-state index >= 15 is 0 Å². The SMILES string of the molecule is CCCCOc1cccc(C(=O)Nc2ccc(C)c(NC(=O)C3CC3)c2)c1. The van der Waals surface area contributed by atoms with Gasteiger partial charge in [-0.25, -0.2) is 0 Å². The third-order valence-corrected chi connectivity index (χ3v) is 4.56. The monoisotopic (exact) mass is 366 g/mol. The standard InChI is InChI=1S/C22H26N2O3/c1-3-4-12-27-19-7-5-6-17(13-19)22(26)23-18-11-8-15(2)20(14-18)24-21(25)16-9-10-16/h5-8,11,13-14,16H,3-4,9-10,12H2,1-2H3,(H,23,26)(H,24,25). The Balaban J connectivity index is 1.66. The van der Waals surface area contributed by atoms with Crippen LogP contribution in [0.5, 0.6) is 5.75 Å². The molecule has 2 aromatic rings. The molecule has 2 N–H and O–H groups in total. The molecule has 0 aliphatic heterocycles. The molecule has 2 amide bonds. The molecule has 5 nitrogen and oxygen atoms in total. The molecule has 0 unspecified atom stereocenters. The summed E-state index contributed by atoms with van der Waals surface area (Å²) < 4.78 is 5.67. The largest absolute Gasteiger partial charge is 0.494 e. The number of carbonyl (C=O) groups is 2. The second kappa shape index (κ2) is 8.71. The molecule has 5 heteroatoms. The lowest BCUT2D eigenvalue weighted by atomic mass is 10.1. The van der Waals surface area contributed by atoms with Crippen molar-refractivity contribution in [3.05, 3.63) is 53.6 Å². The molecule has 3 rings (SSSR count). The van der Waals surface area contributed by atoms with E-state index in [9.17, 15) is 9.59 Å². The van der Waals surface area contributed by atoms with Gasteiger partial charge in [0.15, 0.2) is 0 Å². The smallest absolute Gasteiger partial charge is 0.255 e. The maximum absolute atomic E-state index is 12.6. The molecule has 0 saturated heterocycles. The average molecular weight is 366 g/mol. The first kappa shape index (κ1) is 19.0. The van der Waals surface area contributed by atoms with Crippen molar-refractivity contribution in [2.24, 2.45) is 5.92 Å². The Bertz CT molecular complexity index is 828. The fourth-order valence-corrected chi connectivity index (χ4v) is 2.68. The molecule has 1 aliphatic rings. The highest BCUT2D eigenvalue weighted by Gasteiger charge is 2.29. The van der Waals surface area contributed by atoms with E-state index in [4.69, 9.17) is 4.74 Å². The number of ether oxygens (including phenoxy) is 1. The Morgan fingerprint density at radius 1 is 1.11 bits per heavy atom. The van der Waals surface area contributed by atoms with E-state index in [1.54, 1.807) is 18.2 Å². The van der Waals surface area contributed by atoms with Crippen molar-refractivity contribution in [1.29, 1.82) is 0 Å². The number of aryl methyl sites for hydroxylation is 1. The van der Waals surface area contributed by atoms with E-state index in [0.717, 1.165) is 36.9 Å². The van der Waals surface area contributed by atoms with Crippen LogP contribution in [-0.4, -0.2) is 18.4 Å². The lowest BCUT2D eigenvalue weighted by Crippen LogP contribution is -2.15. The minimum atomic E-state index is -0.209. The number of nitrogens with one attached hydrogen (secondary N) is 2. The van der Waals surface area contributed by atoms with Gasteiger partial charge in [-0.3, -0.25) is 9.59 Å². The van der Waals surface area contributed by atoms with Gasteiger partial charge in [-0.1, -0.05) is 25.5 Å². The predicted octanol–water partition coefficient (Wildman–Crippen LogP) is 4.77. The highest BCUT2D eigenvalue weighted by atomic mass is 16.5. The molecule has 27 heavy (non-hydrogen) atoms. The highest BCUT2D eigenvalue weighted by molar-refractivity contribution is 6.05. The number of rotatable bonds is 8. The predicted molar refractivity (Wildman–Crippen MR) is 107 cm³/mol. The van der Waals surface area contributed by atoms with Crippen LogP contribution in [0.1, 0.15) is 48.5 Å². The Hall–Kier alpha value is -2.82. The van der Waals surface area contributed by atoms with Gasteiger partial charge >= 0.3 is 0 Å². The summed E-state index contributed by atoms with van der Waals surface area (Å²) in [4.78, 5) is 24.6. The van der Waals surface area contributed by atoms with Crippen LogP contribution in [0.15, 0.2) is 42.5 Å². The first-order valence-corrected chi connectivity index (χ1v) is 9.52. The number of benzene rings is 2. The third kappa shape index (κ3) is 5.33. The van der Waals surface area contributed by atoms with E-state index in [-0.39, 0.29) is 17.7 Å². The van der Waals surface area contributed by atoms with E-state index < -0.39 is 0 Å². The van der Waals surface area contributed by atoms with Gasteiger partial charge in [0.05, 0.1) is 6.61 Å². The van der Waals surface area contributed by atoms with Crippen molar-refractivity contribution in [3.63, 3.8) is 0 Å². The van der Waals surface area contributed by atoms with Crippen LogP contribution < -0.4 is 15.4 Å². The molecule has 0 atom stereocenters. The van der Waals surface area contributed by atoms with Gasteiger partial charge in [-0.15, -0.1) is 0 Å². The maximum atomic E-state index is 12.6. The fraction of sp³-hybridized carbons (Fsp3) is 0.364. The first-order chi connectivity index (χ1) is 13.1. The summed E-state index contributed by atoms with van der Waals surface area (Å²) >= 11 is 0. The van der Waals surface area contributed by atoms with Crippen molar-refractivity contribution in [3.8, 4) is 5.75 Å². The summed E-state index contributed by atoms with van der Waals surface area (Å²) in [5.41, 5.74) is 2.89. The lowest BCUT2D eigenvalue weighted by Gasteiger charge is -2.12. The Morgan fingerprint density at radius 2 is 1.93 bits per heavy atom. The van der Waals surface area contributed by atoms with E-state index in [0.29, 0.717) is 23.6 Å². The van der Waals surface area contributed by atoms with E-state index in [1.165, 1.54) is 0 Å². The fourth-order valence-electron chi connectivity index (χ4n) is 2.68. The quantitative estimate of drug-likeness (QED) is 0.661. The van der Waals surface area contributed by atoms with Gasteiger partial charge in [-0.05, 0) is 62.1 Å². The maximum Gasteiger partial charge on any atom is 0.255 e. The number of amides is 2. The number of carbonyl (C=O) groups excluding carboxylic acids is 2. The molecule has 2 aromatic carbocycles. The molecular formula is C22H26N2O3. The van der Waals surface area contributed by atoms with Crippen LogP contribution in [0.3, 0.4) is 0 Å².